The smallest absolute Gasteiger partial charge is 0.263 e. The van der Waals surface area contributed by atoms with Crippen LogP contribution in [0.3, 0.4) is 0 Å². The van der Waals surface area contributed by atoms with Gasteiger partial charge in [-0.1, -0.05) is 0 Å². The summed E-state index contributed by atoms with van der Waals surface area (Å²) in [5, 5.41) is 2.73. The molecule has 1 aromatic heterocycles. The minimum Gasteiger partial charge on any atom is -0.351 e. The first kappa shape index (κ1) is 14.5. The fraction of sp³-hybridized carbons (Fsp3) is 0.600. The fourth-order valence-electron chi connectivity index (χ4n) is 2.54. The molecule has 2 heterocycles. The molecule has 1 aliphatic carbocycles. The summed E-state index contributed by atoms with van der Waals surface area (Å²) in [5.41, 5.74) is -1.81. The number of amides is 2. The second-order valence-corrected chi connectivity index (χ2v) is 7.20. The number of halogens is 1. The first-order valence-electron chi connectivity index (χ1n) is 7.33. The average Bonchev–Trinajstić information content (AvgIpc) is 3.17. The second-order valence-electron chi connectivity index (χ2n) is 5.92. The van der Waals surface area contributed by atoms with Crippen molar-refractivity contribution >= 4 is 23.2 Å². The van der Waals surface area contributed by atoms with E-state index in [0.717, 1.165) is 17.7 Å². The predicted octanol–water partition coefficient (Wildman–Crippen LogP) is 2.28. The number of thiophene rings is 1. The maximum atomic E-state index is 14.7. The molecule has 2 amide bonds. The van der Waals surface area contributed by atoms with Crippen molar-refractivity contribution in [2.45, 2.75) is 44.3 Å². The highest BCUT2D eigenvalue weighted by atomic mass is 32.1. The molecule has 1 saturated carbocycles. The van der Waals surface area contributed by atoms with Gasteiger partial charge in [-0.05, 0) is 31.9 Å². The van der Waals surface area contributed by atoms with E-state index in [1.54, 1.807) is 11.0 Å². The molecule has 1 saturated heterocycles. The van der Waals surface area contributed by atoms with Gasteiger partial charge in [0, 0.05) is 36.9 Å². The van der Waals surface area contributed by atoms with Gasteiger partial charge in [0.15, 0.2) is 5.67 Å². The maximum Gasteiger partial charge on any atom is 0.263 e. The van der Waals surface area contributed by atoms with Crippen LogP contribution in [0.4, 0.5) is 4.39 Å². The third kappa shape index (κ3) is 3.10. The Kier molecular flexibility index (Phi) is 3.73. The van der Waals surface area contributed by atoms with Crippen molar-refractivity contribution in [3.63, 3.8) is 0 Å². The van der Waals surface area contributed by atoms with Crippen LogP contribution in [0.25, 0.3) is 0 Å². The van der Waals surface area contributed by atoms with Crippen molar-refractivity contribution in [1.82, 2.24) is 10.2 Å². The van der Waals surface area contributed by atoms with Gasteiger partial charge in [0.2, 0.25) is 0 Å². The van der Waals surface area contributed by atoms with Gasteiger partial charge in [0.05, 0.1) is 4.88 Å². The molecule has 21 heavy (non-hydrogen) atoms. The molecule has 2 fully saturated rings. The Labute approximate surface area is 127 Å². The molecule has 114 valence electrons. The highest BCUT2D eigenvalue weighted by molar-refractivity contribution is 7.13. The lowest BCUT2D eigenvalue weighted by Crippen LogP contribution is -2.52. The van der Waals surface area contributed by atoms with Crippen LogP contribution in [-0.2, 0) is 4.79 Å². The molecule has 0 bridgehead atoms. The SMILES string of the molecule is Cc1ccc(C(=O)N2CCC(F)(C(=O)NC3CC3)CC2)s1. The number of piperidine rings is 1. The molecule has 0 aromatic carbocycles. The van der Waals surface area contributed by atoms with Crippen LogP contribution in [0.2, 0.25) is 0 Å². The lowest BCUT2D eigenvalue weighted by molar-refractivity contribution is -0.135. The zero-order valence-corrected chi connectivity index (χ0v) is 12.8. The molecule has 0 radical (unpaired) electrons. The third-order valence-electron chi connectivity index (χ3n) is 4.11. The van der Waals surface area contributed by atoms with Crippen molar-refractivity contribution in [3.8, 4) is 0 Å². The van der Waals surface area contributed by atoms with E-state index in [4.69, 9.17) is 0 Å². The number of hydrogen-bond donors (Lipinski definition) is 1. The van der Waals surface area contributed by atoms with Crippen molar-refractivity contribution in [2.75, 3.05) is 13.1 Å². The Morgan fingerprint density at radius 3 is 2.52 bits per heavy atom. The highest BCUT2D eigenvalue weighted by Crippen LogP contribution is 2.30. The number of carbonyl (C=O) groups excluding carboxylic acids is 2. The lowest BCUT2D eigenvalue weighted by atomic mass is 9.92. The van der Waals surface area contributed by atoms with Gasteiger partial charge < -0.3 is 10.2 Å². The summed E-state index contributed by atoms with van der Waals surface area (Å²) < 4.78 is 14.7. The number of hydrogen-bond acceptors (Lipinski definition) is 3. The zero-order chi connectivity index (χ0) is 15.0. The predicted molar refractivity (Wildman–Crippen MR) is 79.2 cm³/mol. The van der Waals surface area contributed by atoms with Gasteiger partial charge in [0.1, 0.15) is 0 Å². The van der Waals surface area contributed by atoms with E-state index in [1.807, 2.05) is 13.0 Å². The number of likely N-dealkylation sites (tertiary alicyclic amines) is 1. The molecule has 4 nitrogen and oxygen atoms in total. The average molecular weight is 310 g/mol. The van der Waals surface area contributed by atoms with Crippen molar-refractivity contribution in [2.24, 2.45) is 0 Å². The molecular weight excluding hydrogens is 291 g/mol. The number of nitrogens with one attached hydrogen (secondary N) is 1. The summed E-state index contributed by atoms with van der Waals surface area (Å²) in [7, 11) is 0. The standard InChI is InChI=1S/C15H19FN2O2S/c1-10-2-5-12(21-10)13(19)18-8-6-15(16,7-9-18)14(20)17-11-3-4-11/h2,5,11H,3-4,6-9H2,1H3,(H,17,20). The first-order valence-corrected chi connectivity index (χ1v) is 8.15. The zero-order valence-electron chi connectivity index (χ0n) is 12.0. The van der Waals surface area contributed by atoms with Crippen LogP contribution in [-0.4, -0.2) is 41.5 Å². The fourth-order valence-corrected chi connectivity index (χ4v) is 3.37. The summed E-state index contributed by atoms with van der Waals surface area (Å²) in [4.78, 5) is 27.6. The normalized spacial score (nSPS) is 21.1. The van der Waals surface area contributed by atoms with E-state index >= 15 is 0 Å². The Bertz CT molecular complexity index is 560. The van der Waals surface area contributed by atoms with E-state index in [1.165, 1.54) is 11.3 Å². The molecule has 0 unspecified atom stereocenters. The van der Waals surface area contributed by atoms with Gasteiger partial charge in [0.25, 0.3) is 11.8 Å². The molecule has 1 aromatic rings. The number of alkyl halides is 1. The van der Waals surface area contributed by atoms with E-state index in [0.29, 0.717) is 18.0 Å². The minimum atomic E-state index is -1.81. The number of aryl methyl sites for hydroxylation is 1. The summed E-state index contributed by atoms with van der Waals surface area (Å²) >= 11 is 1.45. The number of carbonyl (C=O) groups is 2. The van der Waals surface area contributed by atoms with E-state index < -0.39 is 11.6 Å². The largest absolute Gasteiger partial charge is 0.351 e. The molecule has 2 aliphatic rings. The van der Waals surface area contributed by atoms with Gasteiger partial charge in [-0.15, -0.1) is 11.3 Å². The molecule has 0 spiro atoms. The third-order valence-corrected chi connectivity index (χ3v) is 5.10. The molecule has 1 N–H and O–H groups in total. The number of nitrogens with zero attached hydrogens (tertiary/aromatic N) is 1. The van der Waals surface area contributed by atoms with Gasteiger partial charge in [-0.2, -0.15) is 0 Å². The summed E-state index contributed by atoms with van der Waals surface area (Å²) in [6, 6.07) is 3.88. The summed E-state index contributed by atoms with van der Waals surface area (Å²) in [5.74, 6) is -0.554. The van der Waals surface area contributed by atoms with Crippen molar-refractivity contribution in [3.05, 3.63) is 21.9 Å². The maximum absolute atomic E-state index is 14.7. The molecule has 3 rings (SSSR count). The van der Waals surface area contributed by atoms with Crippen LogP contribution in [0.1, 0.15) is 40.2 Å². The van der Waals surface area contributed by atoms with Crippen LogP contribution in [0, 0.1) is 6.92 Å². The molecule has 1 aliphatic heterocycles. The second kappa shape index (κ2) is 5.40. The van der Waals surface area contributed by atoms with Crippen LogP contribution < -0.4 is 5.32 Å². The monoisotopic (exact) mass is 310 g/mol. The minimum absolute atomic E-state index is 0.0576. The first-order chi connectivity index (χ1) is 9.98. The molecule has 6 heteroatoms. The highest BCUT2D eigenvalue weighted by Gasteiger charge is 2.44. The molecular formula is C15H19FN2O2S. The van der Waals surface area contributed by atoms with Crippen molar-refractivity contribution < 1.29 is 14.0 Å². The van der Waals surface area contributed by atoms with Gasteiger partial charge in [-0.3, -0.25) is 9.59 Å². The Morgan fingerprint density at radius 1 is 1.33 bits per heavy atom. The van der Waals surface area contributed by atoms with E-state index in [2.05, 4.69) is 5.32 Å². The van der Waals surface area contributed by atoms with Crippen molar-refractivity contribution in [1.29, 1.82) is 0 Å². The van der Waals surface area contributed by atoms with E-state index in [-0.39, 0.29) is 24.8 Å². The topological polar surface area (TPSA) is 49.4 Å². The quantitative estimate of drug-likeness (QED) is 0.931. The van der Waals surface area contributed by atoms with Crippen LogP contribution in [0.5, 0.6) is 0 Å². The summed E-state index contributed by atoms with van der Waals surface area (Å²) in [6.45, 7) is 2.54. The molecule has 0 atom stereocenters. The lowest BCUT2D eigenvalue weighted by Gasteiger charge is -2.35. The Morgan fingerprint density at radius 2 is 2.00 bits per heavy atom. The Hall–Kier alpha value is -1.43. The van der Waals surface area contributed by atoms with Crippen LogP contribution >= 0.6 is 11.3 Å². The number of rotatable bonds is 3. The Balaban J connectivity index is 1.59. The van der Waals surface area contributed by atoms with Gasteiger partial charge in [-0.25, -0.2) is 4.39 Å². The van der Waals surface area contributed by atoms with Crippen LogP contribution in [0.15, 0.2) is 12.1 Å². The van der Waals surface area contributed by atoms with E-state index in [9.17, 15) is 14.0 Å². The van der Waals surface area contributed by atoms with Gasteiger partial charge >= 0.3 is 0 Å². The summed E-state index contributed by atoms with van der Waals surface area (Å²) in [6.07, 6.45) is 2.07.